The molecule has 1 aliphatic rings. The second-order valence-electron chi connectivity index (χ2n) is 5.96. The summed E-state index contributed by atoms with van der Waals surface area (Å²) in [6.07, 6.45) is 2.80. The molecule has 1 aliphatic heterocycles. The van der Waals surface area contributed by atoms with Gasteiger partial charge in [-0.15, -0.1) is 0 Å². The molecule has 5 nitrogen and oxygen atoms in total. The molecule has 2 aromatic rings. The third-order valence-corrected chi connectivity index (χ3v) is 4.40. The monoisotopic (exact) mass is 300 g/mol. The number of carboxylic acids is 1. The molecule has 0 radical (unpaired) electrons. The Hall–Kier alpha value is -2.30. The lowest BCUT2D eigenvalue weighted by Gasteiger charge is -2.22. The molecule has 1 aromatic carbocycles. The maximum atomic E-state index is 12.8. The van der Waals surface area contributed by atoms with Gasteiger partial charge in [0.15, 0.2) is 0 Å². The van der Waals surface area contributed by atoms with Crippen molar-refractivity contribution in [3.05, 3.63) is 35.0 Å². The largest absolute Gasteiger partial charge is 0.480 e. The first kappa shape index (κ1) is 14.6. The van der Waals surface area contributed by atoms with E-state index in [9.17, 15) is 14.7 Å². The van der Waals surface area contributed by atoms with E-state index in [1.807, 2.05) is 25.1 Å². The minimum atomic E-state index is -0.930. The van der Waals surface area contributed by atoms with Gasteiger partial charge in [0.05, 0.1) is 5.52 Å². The molecule has 0 bridgehead atoms. The van der Waals surface area contributed by atoms with E-state index in [0.717, 1.165) is 41.3 Å². The van der Waals surface area contributed by atoms with Crippen LogP contribution in [0.25, 0.3) is 10.9 Å². The van der Waals surface area contributed by atoms with Gasteiger partial charge in [-0.2, -0.15) is 0 Å². The molecule has 0 unspecified atom stereocenters. The highest BCUT2D eigenvalue weighted by Gasteiger charge is 2.27. The van der Waals surface area contributed by atoms with Gasteiger partial charge in [-0.25, -0.2) is 0 Å². The van der Waals surface area contributed by atoms with E-state index in [0.29, 0.717) is 12.2 Å². The van der Waals surface area contributed by atoms with Gasteiger partial charge < -0.3 is 14.6 Å². The van der Waals surface area contributed by atoms with Crippen LogP contribution in [0.2, 0.25) is 0 Å². The average Bonchev–Trinajstić information content (AvgIpc) is 2.75. The van der Waals surface area contributed by atoms with Crippen LogP contribution in [0.15, 0.2) is 18.2 Å². The lowest BCUT2D eigenvalue weighted by molar-refractivity contribution is -0.137. The summed E-state index contributed by atoms with van der Waals surface area (Å²) in [5, 5.41) is 10.3. The van der Waals surface area contributed by atoms with Crippen LogP contribution in [-0.4, -0.2) is 40.0 Å². The zero-order chi connectivity index (χ0) is 15.9. The van der Waals surface area contributed by atoms with E-state index in [1.165, 1.54) is 0 Å². The fourth-order valence-corrected chi connectivity index (χ4v) is 3.39. The van der Waals surface area contributed by atoms with Crippen LogP contribution in [0.1, 0.15) is 34.5 Å². The Morgan fingerprint density at radius 2 is 2.09 bits per heavy atom. The second kappa shape index (κ2) is 5.48. The number of amides is 1. The van der Waals surface area contributed by atoms with Gasteiger partial charge in [0, 0.05) is 19.0 Å². The molecule has 1 aromatic heterocycles. The third kappa shape index (κ3) is 2.26. The molecule has 1 N–H and O–H groups in total. The first-order chi connectivity index (χ1) is 10.5. The Morgan fingerprint density at radius 1 is 1.32 bits per heavy atom. The van der Waals surface area contributed by atoms with Gasteiger partial charge in [0.25, 0.3) is 5.91 Å². The number of nitrogens with zero attached hydrogens (tertiary/aromatic N) is 2. The topological polar surface area (TPSA) is 62.5 Å². The average molecular weight is 300 g/mol. The lowest BCUT2D eigenvalue weighted by Crippen LogP contribution is -2.32. The zero-order valence-electron chi connectivity index (χ0n) is 12.9. The predicted octanol–water partition coefficient (Wildman–Crippen LogP) is 2.44. The zero-order valence-corrected chi connectivity index (χ0v) is 12.9. The van der Waals surface area contributed by atoms with Crippen molar-refractivity contribution in [2.45, 2.75) is 32.7 Å². The number of para-hydroxylation sites is 1. The normalized spacial score (nSPS) is 15.5. The molecular weight excluding hydrogens is 280 g/mol. The van der Waals surface area contributed by atoms with Crippen LogP contribution in [0.3, 0.4) is 0 Å². The highest BCUT2D eigenvalue weighted by atomic mass is 16.4. The Kier molecular flexibility index (Phi) is 3.64. The maximum absolute atomic E-state index is 12.8. The van der Waals surface area contributed by atoms with Crippen LogP contribution in [-0.2, 0) is 17.8 Å². The number of carbonyl (C=O) groups excluding carboxylic acids is 1. The predicted molar refractivity (Wildman–Crippen MR) is 84.2 cm³/mol. The summed E-state index contributed by atoms with van der Waals surface area (Å²) < 4.78 is 1.69. The number of carbonyl (C=O) groups is 2. The van der Waals surface area contributed by atoms with Crippen molar-refractivity contribution in [2.75, 3.05) is 13.6 Å². The van der Waals surface area contributed by atoms with Crippen molar-refractivity contribution in [1.29, 1.82) is 0 Å². The highest BCUT2D eigenvalue weighted by molar-refractivity contribution is 6.03. The molecule has 2 heterocycles. The first-order valence-electron chi connectivity index (χ1n) is 7.58. The Bertz CT molecular complexity index is 761. The SMILES string of the molecule is Cc1cccc2c3c(n(CC(=O)O)c12)C(=O)N(C)CCCC3. The van der Waals surface area contributed by atoms with Gasteiger partial charge in [0.1, 0.15) is 12.2 Å². The number of benzene rings is 1. The minimum Gasteiger partial charge on any atom is -0.480 e. The van der Waals surface area contributed by atoms with Crippen molar-refractivity contribution in [3.8, 4) is 0 Å². The van der Waals surface area contributed by atoms with E-state index in [-0.39, 0.29) is 12.5 Å². The summed E-state index contributed by atoms with van der Waals surface area (Å²) in [4.78, 5) is 25.8. The number of carboxylic acid groups (broad SMARTS) is 1. The molecule has 0 saturated heterocycles. The molecule has 1 amide bonds. The molecule has 22 heavy (non-hydrogen) atoms. The fourth-order valence-electron chi connectivity index (χ4n) is 3.39. The lowest BCUT2D eigenvalue weighted by atomic mass is 10.0. The van der Waals surface area contributed by atoms with Gasteiger partial charge in [0.2, 0.25) is 0 Å². The van der Waals surface area contributed by atoms with Crippen molar-refractivity contribution < 1.29 is 14.7 Å². The summed E-state index contributed by atoms with van der Waals surface area (Å²) in [7, 11) is 1.78. The molecule has 0 fully saturated rings. The maximum Gasteiger partial charge on any atom is 0.323 e. The summed E-state index contributed by atoms with van der Waals surface area (Å²) in [6, 6.07) is 5.92. The molecule has 0 atom stereocenters. The second-order valence-corrected chi connectivity index (χ2v) is 5.96. The standard InChI is InChI=1S/C17H20N2O3/c1-11-6-5-8-12-13-7-3-4-9-18(2)17(22)16(13)19(15(11)12)10-14(20)21/h5-6,8H,3-4,7,9-10H2,1-2H3,(H,20,21). The first-order valence-corrected chi connectivity index (χ1v) is 7.58. The number of hydrogen-bond donors (Lipinski definition) is 1. The Morgan fingerprint density at radius 3 is 2.82 bits per heavy atom. The third-order valence-electron chi connectivity index (χ3n) is 4.40. The number of hydrogen-bond acceptors (Lipinski definition) is 2. The van der Waals surface area contributed by atoms with E-state index in [1.54, 1.807) is 16.5 Å². The van der Waals surface area contributed by atoms with Crippen LogP contribution in [0.5, 0.6) is 0 Å². The molecule has 116 valence electrons. The summed E-state index contributed by atoms with van der Waals surface area (Å²) in [5.74, 6) is -1.01. The quantitative estimate of drug-likeness (QED) is 0.926. The van der Waals surface area contributed by atoms with Crippen molar-refractivity contribution in [3.63, 3.8) is 0 Å². The number of fused-ring (bicyclic) bond motifs is 3. The molecule has 5 heteroatoms. The van der Waals surface area contributed by atoms with Gasteiger partial charge >= 0.3 is 5.97 Å². The molecule has 0 saturated carbocycles. The summed E-state index contributed by atoms with van der Waals surface area (Å²) in [5.41, 5.74) is 3.42. The molecule has 3 rings (SSSR count). The van der Waals surface area contributed by atoms with Gasteiger partial charge in [-0.3, -0.25) is 9.59 Å². The van der Waals surface area contributed by atoms with Crippen molar-refractivity contribution in [1.82, 2.24) is 9.47 Å². The number of aryl methyl sites for hydroxylation is 2. The Labute approximate surface area is 129 Å². The van der Waals surface area contributed by atoms with Gasteiger partial charge in [-0.05, 0) is 37.3 Å². The number of aliphatic carboxylic acids is 1. The minimum absolute atomic E-state index is 0.0773. The highest BCUT2D eigenvalue weighted by Crippen LogP contribution is 2.32. The van der Waals surface area contributed by atoms with E-state index in [2.05, 4.69) is 0 Å². The van der Waals surface area contributed by atoms with E-state index >= 15 is 0 Å². The van der Waals surface area contributed by atoms with E-state index < -0.39 is 5.97 Å². The van der Waals surface area contributed by atoms with E-state index in [4.69, 9.17) is 0 Å². The molecular formula is C17H20N2O3. The fraction of sp³-hybridized carbons (Fsp3) is 0.412. The summed E-state index contributed by atoms with van der Waals surface area (Å²) >= 11 is 0. The van der Waals surface area contributed by atoms with Crippen LogP contribution < -0.4 is 0 Å². The van der Waals surface area contributed by atoms with Crippen LogP contribution in [0.4, 0.5) is 0 Å². The Balaban J connectivity index is 2.35. The van der Waals surface area contributed by atoms with Crippen LogP contribution >= 0.6 is 0 Å². The number of aromatic nitrogens is 1. The molecule has 0 spiro atoms. The van der Waals surface area contributed by atoms with Crippen molar-refractivity contribution in [2.24, 2.45) is 0 Å². The van der Waals surface area contributed by atoms with Crippen LogP contribution in [0, 0.1) is 6.92 Å². The smallest absolute Gasteiger partial charge is 0.323 e. The van der Waals surface area contributed by atoms with Gasteiger partial charge in [-0.1, -0.05) is 18.2 Å². The molecule has 0 aliphatic carbocycles. The van der Waals surface area contributed by atoms with Crippen molar-refractivity contribution >= 4 is 22.8 Å². The number of rotatable bonds is 2. The summed E-state index contributed by atoms with van der Waals surface area (Å²) in [6.45, 7) is 2.49.